The van der Waals surface area contributed by atoms with Crippen molar-refractivity contribution in [2.45, 2.75) is 26.8 Å². The van der Waals surface area contributed by atoms with Gasteiger partial charge in [-0.3, -0.25) is 9.78 Å². The standard InChI is InChI=1S/C12H15N3O/c1-3-12(2,9-13)11(16)15-8-10-4-6-14-7-5-10/h4-7H,3,8H2,1-2H3,(H,15,16). The third-order valence-electron chi connectivity index (χ3n) is 2.66. The van der Waals surface area contributed by atoms with Gasteiger partial charge in [-0.1, -0.05) is 6.92 Å². The first kappa shape index (κ1) is 12.2. The highest BCUT2D eigenvalue weighted by Gasteiger charge is 2.30. The average molecular weight is 217 g/mol. The molecule has 0 aromatic carbocycles. The summed E-state index contributed by atoms with van der Waals surface area (Å²) in [5, 5.41) is 11.7. The molecule has 1 rings (SSSR count). The fraction of sp³-hybridized carbons (Fsp3) is 0.417. The Kier molecular flexibility index (Phi) is 4.01. The second-order valence-electron chi connectivity index (χ2n) is 3.84. The molecule has 0 radical (unpaired) electrons. The van der Waals surface area contributed by atoms with E-state index in [0.29, 0.717) is 13.0 Å². The summed E-state index contributed by atoms with van der Waals surface area (Å²) < 4.78 is 0. The van der Waals surface area contributed by atoms with Gasteiger partial charge < -0.3 is 5.32 Å². The van der Waals surface area contributed by atoms with Gasteiger partial charge in [0.2, 0.25) is 5.91 Å². The summed E-state index contributed by atoms with van der Waals surface area (Å²) in [5.41, 5.74) is 0.0345. The van der Waals surface area contributed by atoms with Crippen molar-refractivity contribution in [1.82, 2.24) is 10.3 Å². The molecule has 0 saturated carbocycles. The number of carbonyl (C=O) groups excluding carboxylic acids is 1. The Labute approximate surface area is 95.3 Å². The summed E-state index contributed by atoms with van der Waals surface area (Å²) >= 11 is 0. The van der Waals surface area contributed by atoms with Crippen LogP contribution in [0.25, 0.3) is 0 Å². The molecule has 84 valence electrons. The minimum Gasteiger partial charge on any atom is -0.351 e. The Hall–Kier alpha value is -1.89. The molecule has 4 heteroatoms. The van der Waals surface area contributed by atoms with E-state index in [1.165, 1.54) is 0 Å². The number of nitriles is 1. The lowest BCUT2D eigenvalue weighted by Gasteiger charge is -2.18. The Bertz CT molecular complexity index is 396. The van der Waals surface area contributed by atoms with Gasteiger partial charge >= 0.3 is 0 Å². The SMILES string of the molecule is CCC(C)(C#N)C(=O)NCc1ccncc1. The largest absolute Gasteiger partial charge is 0.351 e. The number of hydrogen-bond acceptors (Lipinski definition) is 3. The molecule has 16 heavy (non-hydrogen) atoms. The number of carbonyl (C=O) groups is 1. The van der Waals surface area contributed by atoms with Crippen LogP contribution >= 0.6 is 0 Å². The van der Waals surface area contributed by atoms with E-state index in [0.717, 1.165) is 5.56 Å². The number of amides is 1. The van der Waals surface area contributed by atoms with Crippen LogP contribution in [0.1, 0.15) is 25.8 Å². The van der Waals surface area contributed by atoms with Gasteiger partial charge in [0.05, 0.1) is 6.07 Å². The quantitative estimate of drug-likeness (QED) is 0.833. The van der Waals surface area contributed by atoms with Crippen molar-refractivity contribution in [3.05, 3.63) is 30.1 Å². The molecule has 0 bridgehead atoms. The van der Waals surface area contributed by atoms with E-state index in [4.69, 9.17) is 5.26 Å². The normalized spacial score (nSPS) is 13.6. The summed E-state index contributed by atoms with van der Waals surface area (Å²) in [6.45, 7) is 3.91. The lowest BCUT2D eigenvalue weighted by molar-refractivity contribution is -0.127. The van der Waals surface area contributed by atoms with Gasteiger partial charge in [-0.25, -0.2) is 0 Å². The fourth-order valence-corrected chi connectivity index (χ4v) is 1.17. The van der Waals surface area contributed by atoms with Crippen molar-refractivity contribution in [2.75, 3.05) is 0 Å². The molecule has 1 atom stereocenters. The molecule has 1 N–H and O–H groups in total. The predicted octanol–water partition coefficient (Wildman–Crippen LogP) is 1.64. The molecule has 4 nitrogen and oxygen atoms in total. The highest BCUT2D eigenvalue weighted by molar-refractivity contribution is 5.84. The molecule has 0 spiro atoms. The van der Waals surface area contributed by atoms with Gasteiger partial charge in [0.25, 0.3) is 0 Å². The topological polar surface area (TPSA) is 65.8 Å². The molecule has 1 amide bonds. The third-order valence-corrected chi connectivity index (χ3v) is 2.66. The summed E-state index contributed by atoms with van der Waals surface area (Å²) in [4.78, 5) is 15.6. The van der Waals surface area contributed by atoms with Crippen LogP contribution in [-0.2, 0) is 11.3 Å². The maximum absolute atomic E-state index is 11.8. The van der Waals surface area contributed by atoms with Crippen molar-refractivity contribution in [3.8, 4) is 6.07 Å². The zero-order valence-corrected chi connectivity index (χ0v) is 9.53. The molecule has 1 aromatic rings. The van der Waals surface area contributed by atoms with Crippen LogP contribution in [0.2, 0.25) is 0 Å². The minimum absolute atomic E-state index is 0.227. The fourth-order valence-electron chi connectivity index (χ4n) is 1.17. The van der Waals surface area contributed by atoms with Gasteiger partial charge in [-0.2, -0.15) is 5.26 Å². The van der Waals surface area contributed by atoms with Crippen LogP contribution in [0.4, 0.5) is 0 Å². The Balaban J connectivity index is 2.57. The van der Waals surface area contributed by atoms with Crippen LogP contribution in [0, 0.1) is 16.7 Å². The van der Waals surface area contributed by atoms with E-state index in [-0.39, 0.29) is 5.91 Å². The van der Waals surface area contributed by atoms with Crippen molar-refractivity contribution in [2.24, 2.45) is 5.41 Å². The molecule has 1 aromatic heterocycles. The van der Waals surface area contributed by atoms with Crippen molar-refractivity contribution in [3.63, 3.8) is 0 Å². The van der Waals surface area contributed by atoms with E-state index < -0.39 is 5.41 Å². The monoisotopic (exact) mass is 217 g/mol. The molecule has 0 fully saturated rings. The van der Waals surface area contributed by atoms with Gasteiger partial charge in [-0.15, -0.1) is 0 Å². The van der Waals surface area contributed by atoms with E-state index in [1.54, 1.807) is 19.3 Å². The number of nitrogens with one attached hydrogen (secondary N) is 1. The van der Waals surface area contributed by atoms with E-state index in [1.807, 2.05) is 25.1 Å². The summed E-state index contributed by atoms with van der Waals surface area (Å²) in [6.07, 6.45) is 3.85. The highest BCUT2D eigenvalue weighted by atomic mass is 16.2. The van der Waals surface area contributed by atoms with Gasteiger partial charge in [0.1, 0.15) is 5.41 Å². The molecule has 0 aliphatic rings. The van der Waals surface area contributed by atoms with Gasteiger partial charge in [-0.05, 0) is 31.0 Å². The van der Waals surface area contributed by atoms with Gasteiger partial charge in [0.15, 0.2) is 0 Å². The van der Waals surface area contributed by atoms with Crippen LogP contribution in [0.15, 0.2) is 24.5 Å². The van der Waals surface area contributed by atoms with Crippen molar-refractivity contribution >= 4 is 5.91 Å². The number of pyridine rings is 1. The maximum atomic E-state index is 11.8. The number of nitrogens with zero attached hydrogens (tertiary/aromatic N) is 2. The van der Waals surface area contributed by atoms with Crippen molar-refractivity contribution in [1.29, 1.82) is 5.26 Å². The number of hydrogen-bond donors (Lipinski definition) is 1. The van der Waals surface area contributed by atoms with Crippen LogP contribution in [-0.4, -0.2) is 10.9 Å². The molecule has 1 heterocycles. The molecular formula is C12H15N3O. The van der Waals surface area contributed by atoms with Gasteiger partial charge in [0, 0.05) is 18.9 Å². The lowest BCUT2D eigenvalue weighted by atomic mass is 9.88. The number of aromatic nitrogens is 1. The molecule has 0 aliphatic heterocycles. The van der Waals surface area contributed by atoms with Crippen LogP contribution in [0.3, 0.4) is 0 Å². The van der Waals surface area contributed by atoms with Crippen molar-refractivity contribution < 1.29 is 4.79 Å². The smallest absolute Gasteiger partial charge is 0.240 e. The zero-order valence-electron chi connectivity index (χ0n) is 9.53. The third kappa shape index (κ3) is 2.80. The summed E-state index contributed by atoms with van der Waals surface area (Å²) in [7, 11) is 0. The van der Waals surface area contributed by atoms with Crippen LogP contribution < -0.4 is 5.32 Å². The molecule has 1 unspecified atom stereocenters. The molecular weight excluding hydrogens is 202 g/mol. The van der Waals surface area contributed by atoms with E-state index >= 15 is 0 Å². The second kappa shape index (κ2) is 5.26. The molecule has 0 aliphatic carbocycles. The first-order valence-electron chi connectivity index (χ1n) is 5.21. The Morgan fingerprint density at radius 2 is 2.19 bits per heavy atom. The zero-order chi connectivity index (χ0) is 12.0. The van der Waals surface area contributed by atoms with E-state index in [9.17, 15) is 4.79 Å². The highest BCUT2D eigenvalue weighted by Crippen LogP contribution is 2.19. The summed E-state index contributed by atoms with van der Waals surface area (Å²) in [5.74, 6) is -0.227. The maximum Gasteiger partial charge on any atom is 0.240 e. The summed E-state index contributed by atoms with van der Waals surface area (Å²) in [6, 6.07) is 5.70. The first-order chi connectivity index (χ1) is 7.62. The Morgan fingerprint density at radius 1 is 1.56 bits per heavy atom. The number of rotatable bonds is 4. The lowest BCUT2D eigenvalue weighted by Crippen LogP contribution is -2.37. The predicted molar refractivity (Wildman–Crippen MR) is 60.1 cm³/mol. The molecule has 0 saturated heterocycles. The Morgan fingerprint density at radius 3 is 2.69 bits per heavy atom. The van der Waals surface area contributed by atoms with E-state index in [2.05, 4.69) is 10.3 Å². The average Bonchev–Trinajstić information content (AvgIpc) is 2.36. The minimum atomic E-state index is -0.937. The second-order valence-corrected chi connectivity index (χ2v) is 3.84. The van der Waals surface area contributed by atoms with Crippen LogP contribution in [0.5, 0.6) is 0 Å². The first-order valence-corrected chi connectivity index (χ1v) is 5.21.